The average Bonchev–Trinajstić information content (AvgIpc) is 2.41. The van der Waals surface area contributed by atoms with E-state index >= 15 is 0 Å². The number of carbonyl (C=O) groups excluding carboxylic acids is 1. The summed E-state index contributed by atoms with van der Waals surface area (Å²) in [4.78, 5) is 15.6. The maximum absolute atomic E-state index is 11.7. The number of nitrogens with zero attached hydrogens (tertiary/aromatic N) is 2. The minimum absolute atomic E-state index is 0.239. The van der Waals surface area contributed by atoms with Crippen LogP contribution in [-0.4, -0.2) is 15.8 Å². The molecular formula is C14H13BrN2O2. The molecule has 0 bridgehead atoms. The Kier molecular flexibility index (Phi) is 4.52. The van der Waals surface area contributed by atoms with Crippen molar-refractivity contribution in [1.29, 1.82) is 0 Å². The molecule has 5 heteroatoms. The molecule has 0 saturated carbocycles. The van der Waals surface area contributed by atoms with Crippen molar-refractivity contribution in [2.75, 3.05) is 0 Å². The molecule has 0 aliphatic carbocycles. The van der Waals surface area contributed by atoms with Gasteiger partial charge in [0.25, 0.3) is 0 Å². The molecule has 98 valence electrons. The fourth-order valence-electron chi connectivity index (χ4n) is 1.60. The molecule has 1 aromatic heterocycles. The van der Waals surface area contributed by atoms with Gasteiger partial charge in [-0.1, -0.05) is 34.1 Å². The van der Waals surface area contributed by atoms with Crippen LogP contribution in [0.15, 0.2) is 58.1 Å². The number of aryl methyl sites for hydroxylation is 1. The van der Waals surface area contributed by atoms with Crippen molar-refractivity contribution in [2.24, 2.45) is 4.99 Å². The number of rotatable bonds is 3. The van der Waals surface area contributed by atoms with Crippen molar-refractivity contribution in [2.45, 2.75) is 12.8 Å². The first-order valence-electron chi connectivity index (χ1n) is 5.84. The van der Waals surface area contributed by atoms with Crippen LogP contribution in [0.3, 0.4) is 0 Å². The molecule has 0 aliphatic rings. The lowest BCUT2D eigenvalue weighted by molar-refractivity contribution is -0.118. The third-order valence-corrected chi connectivity index (χ3v) is 3.13. The molecule has 0 saturated heterocycles. The van der Waals surface area contributed by atoms with Crippen LogP contribution < -0.4 is 5.49 Å². The highest BCUT2D eigenvalue weighted by atomic mass is 79.9. The predicted molar refractivity (Wildman–Crippen MR) is 74.6 cm³/mol. The zero-order valence-corrected chi connectivity index (χ0v) is 11.7. The van der Waals surface area contributed by atoms with Crippen molar-refractivity contribution in [3.63, 3.8) is 0 Å². The van der Waals surface area contributed by atoms with Crippen LogP contribution in [0.2, 0.25) is 0 Å². The van der Waals surface area contributed by atoms with Crippen molar-refractivity contribution in [1.82, 2.24) is 4.73 Å². The molecule has 0 spiro atoms. The summed E-state index contributed by atoms with van der Waals surface area (Å²) in [5.41, 5.74) is 1.32. The number of pyridine rings is 1. The smallest absolute Gasteiger partial charge is 0.248 e. The number of carbonyl (C=O) groups is 1. The first-order chi connectivity index (χ1) is 9.15. The topological polar surface area (TPSA) is 54.6 Å². The summed E-state index contributed by atoms with van der Waals surface area (Å²) in [6.45, 7) is 0. The van der Waals surface area contributed by atoms with Gasteiger partial charge in [0.15, 0.2) is 5.49 Å². The van der Waals surface area contributed by atoms with Crippen LogP contribution in [0.25, 0.3) is 0 Å². The Bertz CT molecular complexity index is 632. The number of benzene rings is 1. The Morgan fingerprint density at radius 2 is 1.95 bits per heavy atom. The van der Waals surface area contributed by atoms with Crippen molar-refractivity contribution in [3.05, 3.63) is 64.2 Å². The molecule has 2 aromatic rings. The van der Waals surface area contributed by atoms with E-state index in [1.54, 1.807) is 18.2 Å². The van der Waals surface area contributed by atoms with E-state index in [1.807, 2.05) is 24.3 Å². The Labute approximate surface area is 119 Å². The normalized spacial score (nSPS) is 11.5. The van der Waals surface area contributed by atoms with Gasteiger partial charge in [0.05, 0.1) is 0 Å². The fraction of sp³-hybridized carbons (Fsp3) is 0.143. The van der Waals surface area contributed by atoms with Gasteiger partial charge in [-0.2, -0.15) is 9.72 Å². The summed E-state index contributed by atoms with van der Waals surface area (Å²) in [5, 5.41) is 9.44. The van der Waals surface area contributed by atoms with E-state index in [4.69, 9.17) is 0 Å². The lowest BCUT2D eigenvalue weighted by atomic mass is 10.1. The molecule has 4 nitrogen and oxygen atoms in total. The van der Waals surface area contributed by atoms with E-state index in [0.717, 1.165) is 14.8 Å². The standard InChI is InChI=1S/C14H13BrN2O2/c15-12-7-4-11(5-8-12)6-9-14(18)16-13-3-1-2-10-17(13)19/h1-5,7-8,10,19H,6,9H2. The number of hydrogen-bond donors (Lipinski definition) is 1. The minimum Gasteiger partial charge on any atom is -0.427 e. The minimum atomic E-state index is -0.253. The van der Waals surface area contributed by atoms with Gasteiger partial charge in [0.1, 0.15) is 0 Å². The molecule has 0 fully saturated rings. The molecule has 1 heterocycles. The van der Waals surface area contributed by atoms with E-state index in [9.17, 15) is 10.0 Å². The van der Waals surface area contributed by atoms with E-state index in [-0.39, 0.29) is 11.4 Å². The van der Waals surface area contributed by atoms with Crippen LogP contribution in [-0.2, 0) is 11.2 Å². The lowest BCUT2D eigenvalue weighted by Crippen LogP contribution is -2.19. The summed E-state index contributed by atoms with van der Waals surface area (Å²) >= 11 is 3.36. The fourth-order valence-corrected chi connectivity index (χ4v) is 1.86. The summed E-state index contributed by atoms with van der Waals surface area (Å²) < 4.78 is 1.84. The zero-order valence-electron chi connectivity index (χ0n) is 10.2. The van der Waals surface area contributed by atoms with Gasteiger partial charge in [0.2, 0.25) is 5.91 Å². The summed E-state index contributed by atoms with van der Waals surface area (Å²) in [7, 11) is 0. The van der Waals surface area contributed by atoms with Gasteiger partial charge >= 0.3 is 0 Å². The van der Waals surface area contributed by atoms with Crippen molar-refractivity contribution >= 4 is 21.8 Å². The first-order valence-corrected chi connectivity index (χ1v) is 6.63. The Morgan fingerprint density at radius 1 is 1.21 bits per heavy atom. The molecule has 19 heavy (non-hydrogen) atoms. The van der Waals surface area contributed by atoms with Crippen molar-refractivity contribution < 1.29 is 10.0 Å². The van der Waals surface area contributed by atoms with E-state index in [1.165, 1.54) is 6.20 Å². The molecule has 0 aliphatic heterocycles. The second kappa shape index (κ2) is 6.33. The number of hydrogen-bond acceptors (Lipinski definition) is 2. The molecule has 1 aromatic carbocycles. The molecule has 0 radical (unpaired) electrons. The Morgan fingerprint density at radius 3 is 2.63 bits per heavy atom. The van der Waals surface area contributed by atoms with Crippen LogP contribution >= 0.6 is 15.9 Å². The number of aromatic nitrogens is 1. The predicted octanol–water partition coefficient (Wildman–Crippen LogP) is 2.55. The number of amides is 1. The lowest BCUT2D eigenvalue weighted by Gasteiger charge is -2.00. The molecular weight excluding hydrogens is 308 g/mol. The molecule has 1 amide bonds. The van der Waals surface area contributed by atoms with Crippen LogP contribution in [0.5, 0.6) is 0 Å². The van der Waals surface area contributed by atoms with Gasteiger partial charge in [-0.3, -0.25) is 4.79 Å². The first kappa shape index (κ1) is 13.5. The van der Waals surface area contributed by atoms with Crippen molar-refractivity contribution in [3.8, 4) is 0 Å². The average molecular weight is 321 g/mol. The third kappa shape index (κ3) is 4.06. The highest BCUT2D eigenvalue weighted by molar-refractivity contribution is 9.10. The Hall–Kier alpha value is -1.88. The van der Waals surface area contributed by atoms with Gasteiger partial charge in [-0.15, -0.1) is 0 Å². The van der Waals surface area contributed by atoms with Crippen LogP contribution in [0.4, 0.5) is 0 Å². The van der Waals surface area contributed by atoms with E-state index < -0.39 is 0 Å². The zero-order chi connectivity index (χ0) is 13.7. The van der Waals surface area contributed by atoms with E-state index in [2.05, 4.69) is 20.9 Å². The highest BCUT2D eigenvalue weighted by Crippen LogP contribution is 2.11. The summed E-state index contributed by atoms with van der Waals surface area (Å²) in [6.07, 6.45) is 2.38. The van der Waals surface area contributed by atoms with E-state index in [0.29, 0.717) is 12.8 Å². The van der Waals surface area contributed by atoms with Gasteiger partial charge < -0.3 is 5.21 Å². The monoisotopic (exact) mass is 320 g/mol. The second-order valence-corrected chi connectivity index (χ2v) is 4.95. The molecule has 1 N–H and O–H groups in total. The van der Waals surface area contributed by atoms with Gasteiger partial charge in [-0.25, -0.2) is 0 Å². The third-order valence-electron chi connectivity index (χ3n) is 2.60. The SMILES string of the molecule is O=C(CCc1ccc(Br)cc1)N=c1ccccn1O. The Balaban J connectivity index is 2.01. The largest absolute Gasteiger partial charge is 0.427 e. The van der Waals surface area contributed by atoms with Crippen LogP contribution in [0.1, 0.15) is 12.0 Å². The summed E-state index contributed by atoms with van der Waals surface area (Å²) in [6, 6.07) is 12.8. The second-order valence-electron chi connectivity index (χ2n) is 4.04. The molecule has 0 unspecified atom stereocenters. The van der Waals surface area contributed by atoms with Gasteiger partial charge in [0, 0.05) is 17.1 Å². The molecule has 2 rings (SSSR count). The highest BCUT2D eigenvalue weighted by Gasteiger charge is 2.01. The molecule has 0 atom stereocenters. The number of halogens is 1. The summed E-state index contributed by atoms with van der Waals surface area (Å²) in [5.74, 6) is -0.253. The maximum atomic E-state index is 11.7. The van der Waals surface area contributed by atoms with Crippen LogP contribution in [0, 0.1) is 0 Å². The van der Waals surface area contributed by atoms with Gasteiger partial charge in [-0.05, 0) is 36.2 Å². The maximum Gasteiger partial charge on any atom is 0.248 e. The quantitative estimate of drug-likeness (QED) is 0.884.